The van der Waals surface area contributed by atoms with Gasteiger partial charge in [-0.3, -0.25) is 10.2 Å². The van der Waals surface area contributed by atoms with E-state index in [1.807, 2.05) is 18.2 Å². The highest BCUT2D eigenvalue weighted by molar-refractivity contribution is 7.98. The van der Waals surface area contributed by atoms with E-state index in [4.69, 9.17) is 11.6 Å². The largest absolute Gasteiger partial charge is 0.327 e. The van der Waals surface area contributed by atoms with E-state index < -0.39 is 0 Å². The molecule has 1 amide bonds. The highest BCUT2D eigenvalue weighted by atomic mass is 32.2. The van der Waals surface area contributed by atoms with Gasteiger partial charge in [-0.25, -0.2) is 5.84 Å². The molecule has 1 atom stereocenters. The Hall–Kier alpha value is -1.08. The number of hydrazine groups is 1. The van der Waals surface area contributed by atoms with Gasteiger partial charge < -0.3 is 5.73 Å². The van der Waals surface area contributed by atoms with Gasteiger partial charge in [0, 0.05) is 22.2 Å². The summed E-state index contributed by atoms with van der Waals surface area (Å²) in [7, 11) is 0. The Morgan fingerprint density at radius 2 is 2.20 bits per heavy atom. The summed E-state index contributed by atoms with van der Waals surface area (Å²) in [4.78, 5) is 12.6. The van der Waals surface area contributed by atoms with Gasteiger partial charge >= 0.3 is 0 Å². The number of hydrogen-bond acceptors (Lipinski definition) is 5. The molecule has 1 heterocycles. The fraction of sp³-hybridized carbons (Fsp3) is 0.357. The molecule has 108 valence electrons. The van der Waals surface area contributed by atoms with Crippen LogP contribution in [0.25, 0.3) is 10.1 Å². The van der Waals surface area contributed by atoms with E-state index >= 15 is 0 Å². The Labute approximate surface area is 126 Å². The standard InChI is InChI=1S/C14H19N3OS2/c1-2-9(15)7-19-8-11-10-5-3-4-6-12(10)20-13(11)14(18)17-16/h3-6,9H,2,7-8,15-16H2,1H3,(H,17,18). The molecule has 2 aromatic rings. The van der Waals surface area contributed by atoms with Crippen LogP contribution < -0.4 is 17.0 Å². The fourth-order valence-electron chi connectivity index (χ4n) is 1.92. The smallest absolute Gasteiger partial charge is 0.275 e. The zero-order valence-corrected chi connectivity index (χ0v) is 13.0. The van der Waals surface area contributed by atoms with Crippen LogP contribution in [-0.4, -0.2) is 17.7 Å². The number of thiophene rings is 1. The summed E-state index contributed by atoms with van der Waals surface area (Å²) in [5, 5.41) is 1.13. The molecule has 0 saturated carbocycles. The molecule has 0 aliphatic rings. The second-order valence-corrected chi connectivity index (χ2v) is 6.65. The zero-order chi connectivity index (χ0) is 14.5. The molecule has 1 aromatic heterocycles. The van der Waals surface area contributed by atoms with Crippen molar-refractivity contribution in [3.8, 4) is 0 Å². The van der Waals surface area contributed by atoms with Crippen LogP contribution in [0.3, 0.4) is 0 Å². The number of nitrogens with two attached hydrogens (primary N) is 2. The number of nitrogens with one attached hydrogen (secondary N) is 1. The Morgan fingerprint density at radius 3 is 2.90 bits per heavy atom. The van der Waals surface area contributed by atoms with Gasteiger partial charge in [0.1, 0.15) is 0 Å². The fourth-order valence-corrected chi connectivity index (χ4v) is 4.30. The Bertz CT molecular complexity index is 597. The molecule has 0 spiro atoms. The molecule has 1 unspecified atom stereocenters. The summed E-state index contributed by atoms with van der Waals surface area (Å²) in [5.74, 6) is 6.72. The van der Waals surface area contributed by atoms with Gasteiger partial charge in [-0.05, 0) is 23.4 Å². The molecule has 0 aliphatic heterocycles. The lowest BCUT2D eigenvalue weighted by Gasteiger charge is -2.08. The molecule has 4 nitrogen and oxygen atoms in total. The first kappa shape index (κ1) is 15.3. The van der Waals surface area contributed by atoms with Crippen molar-refractivity contribution in [2.24, 2.45) is 11.6 Å². The number of amides is 1. The summed E-state index contributed by atoms with van der Waals surface area (Å²) < 4.78 is 1.11. The van der Waals surface area contributed by atoms with E-state index in [0.717, 1.165) is 33.6 Å². The third-order valence-corrected chi connectivity index (χ3v) is 5.51. The van der Waals surface area contributed by atoms with Gasteiger partial charge in [0.05, 0.1) is 4.88 Å². The van der Waals surface area contributed by atoms with Crippen LogP contribution in [0, 0.1) is 0 Å². The van der Waals surface area contributed by atoms with Crippen molar-refractivity contribution in [3.63, 3.8) is 0 Å². The number of carbonyl (C=O) groups is 1. The van der Waals surface area contributed by atoms with Crippen molar-refractivity contribution in [3.05, 3.63) is 34.7 Å². The molecule has 0 fully saturated rings. The minimum Gasteiger partial charge on any atom is -0.327 e. The molecule has 0 aliphatic carbocycles. The van der Waals surface area contributed by atoms with E-state index in [0.29, 0.717) is 4.88 Å². The molecule has 0 radical (unpaired) electrons. The van der Waals surface area contributed by atoms with Crippen molar-refractivity contribution in [1.29, 1.82) is 0 Å². The minimum atomic E-state index is -0.221. The van der Waals surface area contributed by atoms with E-state index in [1.54, 1.807) is 11.8 Å². The number of fused-ring (bicyclic) bond motifs is 1. The summed E-state index contributed by atoms with van der Waals surface area (Å²) >= 11 is 3.25. The Kier molecular flexibility index (Phi) is 5.42. The third-order valence-electron chi connectivity index (χ3n) is 3.14. The molecule has 0 bridgehead atoms. The molecule has 5 N–H and O–H groups in total. The van der Waals surface area contributed by atoms with Crippen LogP contribution in [0.1, 0.15) is 28.6 Å². The number of rotatable bonds is 6. The summed E-state index contributed by atoms with van der Waals surface area (Å²) in [5.41, 5.74) is 9.22. The lowest BCUT2D eigenvalue weighted by molar-refractivity contribution is 0.0957. The maximum absolute atomic E-state index is 11.9. The van der Waals surface area contributed by atoms with E-state index in [-0.39, 0.29) is 11.9 Å². The SMILES string of the molecule is CCC(N)CSCc1c(C(=O)NN)sc2ccccc12. The predicted molar refractivity (Wildman–Crippen MR) is 87.9 cm³/mol. The van der Waals surface area contributed by atoms with Gasteiger partial charge in [-0.2, -0.15) is 11.8 Å². The first-order valence-corrected chi connectivity index (χ1v) is 8.49. The van der Waals surface area contributed by atoms with E-state index in [9.17, 15) is 4.79 Å². The van der Waals surface area contributed by atoms with E-state index in [2.05, 4.69) is 18.4 Å². The monoisotopic (exact) mass is 309 g/mol. The van der Waals surface area contributed by atoms with Crippen LogP contribution in [0.15, 0.2) is 24.3 Å². The van der Waals surface area contributed by atoms with E-state index in [1.165, 1.54) is 11.3 Å². The number of hydrogen-bond donors (Lipinski definition) is 3. The lowest BCUT2D eigenvalue weighted by atomic mass is 10.1. The summed E-state index contributed by atoms with van der Waals surface area (Å²) in [6.07, 6.45) is 0.966. The summed E-state index contributed by atoms with van der Waals surface area (Å²) in [6, 6.07) is 8.25. The second kappa shape index (κ2) is 7.08. The third kappa shape index (κ3) is 3.32. The number of nitrogen functional groups attached to an aromatic ring is 1. The van der Waals surface area contributed by atoms with Crippen molar-refractivity contribution >= 4 is 39.1 Å². The van der Waals surface area contributed by atoms with Gasteiger partial charge in [-0.1, -0.05) is 25.1 Å². The topological polar surface area (TPSA) is 81.1 Å². The molecule has 2 rings (SSSR count). The normalized spacial score (nSPS) is 12.6. The minimum absolute atomic E-state index is 0.205. The first-order chi connectivity index (χ1) is 9.67. The number of carbonyl (C=O) groups excluding carboxylic acids is 1. The molecular weight excluding hydrogens is 290 g/mol. The van der Waals surface area contributed by atoms with Gasteiger partial charge in [0.15, 0.2) is 0 Å². The maximum atomic E-state index is 11.9. The number of thioether (sulfide) groups is 1. The van der Waals surface area contributed by atoms with Gasteiger partial charge in [0.25, 0.3) is 5.91 Å². The van der Waals surface area contributed by atoms with Crippen LogP contribution in [0.4, 0.5) is 0 Å². The average molecular weight is 309 g/mol. The van der Waals surface area contributed by atoms with Crippen LogP contribution in [0.2, 0.25) is 0 Å². The highest BCUT2D eigenvalue weighted by Crippen LogP contribution is 2.33. The molecule has 20 heavy (non-hydrogen) atoms. The van der Waals surface area contributed by atoms with Gasteiger partial charge in [0.2, 0.25) is 0 Å². The molecular formula is C14H19N3OS2. The maximum Gasteiger partial charge on any atom is 0.275 e. The lowest BCUT2D eigenvalue weighted by Crippen LogP contribution is -2.30. The average Bonchev–Trinajstić information content (AvgIpc) is 2.85. The highest BCUT2D eigenvalue weighted by Gasteiger charge is 2.17. The molecule has 0 saturated heterocycles. The van der Waals surface area contributed by atoms with Crippen LogP contribution in [-0.2, 0) is 5.75 Å². The van der Waals surface area contributed by atoms with Crippen molar-refractivity contribution in [2.45, 2.75) is 25.1 Å². The molecule has 6 heteroatoms. The van der Waals surface area contributed by atoms with Gasteiger partial charge in [-0.15, -0.1) is 11.3 Å². The van der Waals surface area contributed by atoms with Crippen LogP contribution in [0.5, 0.6) is 0 Å². The molecule has 1 aromatic carbocycles. The van der Waals surface area contributed by atoms with Crippen LogP contribution >= 0.6 is 23.1 Å². The number of benzene rings is 1. The van der Waals surface area contributed by atoms with Crippen molar-refractivity contribution < 1.29 is 4.79 Å². The summed E-state index contributed by atoms with van der Waals surface area (Å²) in [6.45, 7) is 2.08. The zero-order valence-electron chi connectivity index (χ0n) is 11.4. The van der Waals surface area contributed by atoms with Crippen molar-refractivity contribution in [1.82, 2.24) is 5.43 Å². The quantitative estimate of drug-likeness (QED) is 0.435. The first-order valence-electron chi connectivity index (χ1n) is 6.52. The Balaban J connectivity index is 2.26. The predicted octanol–water partition coefficient (Wildman–Crippen LogP) is 2.48. The Morgan fingerprint density at radius 1 is 1.45 bits per heavy atom. The second-order valence-electron chi connectivity index (χ2n) is 4.56. The van der Waals surface area contributed by atoms with Crippen molar-refractivity contribution in [2.75, 3.05) is 5.75 Å².